The van der Waals surface area contributed by atoms with Crippen molar-refractivity contribution in [2.24, 2.45) is 0 Å². The first-order valence-corrected chi connectivity index (χ1v) is 12.9. The fraction of sp³-hybridized carbons (Fsp3) is 0.950. The number of hydrogen-bond donors (Lipinski definition) is 0. The topological polar surface area (TPSA) is 26.3 Å². The van der Waals surface area contributed by atoms with E-state index in [4.69, 9.17) is 0 Å². The first-order valence-electron chi connectivity index (χ1n) is 11.6. The Morgan fingerprint density at radius 3 is 1.04 bits per heavy atom. The Morgan fingerprint density at radius 1 is 0.500 bits per heavy atom. The fourth-order valence-corrected chi connectivity index (χ4v) is 4.19. The molecule has 0 spiro atoms. The normalized spacial score (nSPS) is 16.6. The lowest BCUT2D eigenvalue weighted by atomic mass is 9.84. The smallest absolute Gasteiger partial charge is 0.460 e. The molecular weight excluding hydrogens is 874 g/mol. The van der Waals surface area contributed by atoms with Crippen molar-refractivity contribution >= 4 is 28.6 Å². The van der Waals surface area contributed by atoms with E-state index >= 15 is 0 Å². The molecule has 28 heteroatoms. The zero-order chi connectivity index (χ0) is 39.4. The predicted octanol–water partition coefficient (Wildman–Crippen LogP) is 10.5. The molecule has 0 aliphatic heterocycles. The monoisotopic (exact) mass is 888 g/mol. The number of esters is 1. The quantitative estimate of drug-likeness (QED) is 0.0630. The molecule has 1 unspecified atom stereocenters. The van der Waals surface area contributed by atoms with Crippen molar-refractivity contribution in [3.63, 3.8) is 0 Å². The van der Waals surface area contributed by atoms with Gasteiger partial charge in [0.2, 0.25) is 0 Å². The summed E-state index contributed by atoms with van der Waals surface area (Å²) in [6.07, 6.45) is -13.2. The van der Waals surface area contributed by atoms with E-state index in [1.165, 1.54) is 6.92 Å². The molecule has 0 aliphatic carbocycles. The molecule has 0 bridgehead atoms. The molecule has 0 rings (SSSR count). The van der Waals surface area contributed by atoms with Crippen LogP contribution in [-0.4, -0.2) is 87.8 Å². The number of carbonyl (C=O) groups excluding carboxylic acids is 1. The minimum Gasteiger partial charge on any atom is -0.466 e. The molecule has 0 heterocycles. The summed E-state index contributed by atoms with van der Waals surface area (Å²) in [7, 11) is 0. The third-order valence-electron chi connectivity index (χ3n) is 6.05. The van der Waals surface area contributed by atoms with Gasteiger partial charge in [0.25, 0.3) is 0 Å². The maximum atomic E-state index is 14.1. The molecule has 48 heavy (non-hydrogen) atoms. The highest BCUT2D eigenvalue weighted by Crippen LogP contribution is 2.68. The summed E-state index contributed by atoms with van der Waals surface area (Å²) in [6, 6.07) is 0. The molecule has 0 aromatic rings. The van der Waals surface area contributed by atoms with Gasteiger partial charge in [0.05, 0.1) is 6.61 Å². The van der Waals surface area contributed by atoms with Gasteiger partial charge in [-0.1, -0.05) is 22.6 Å². The maximum Gasteiger partial charge on any atom is 0.460 e. The number of carbonyl (C=O) groups is 1. The van der Waals surface area contributed by atoms with Crippen LogP contribution >= 0.6 is 22.6 Å². The second-order valence-corrected chi connectivity index (χ2v) is 11.2. The first-order chi connectivity index (χ1) is 20.6. The van der Waals surface area contributed by atoms with Crippen LogP contribution in [0.5, 0.6) is 0 Å². The van der Waals surface area contributed by atoms with Crippen LogP contribution in [0, 0.1) is 0 Å². The molecule has 0 aromatic heterocycles. The average molecular weight is 888 g/mol. The fourth-order valence-electron chi connectivity index (χ4n) is 3.19. The van der Waals surface area contributed by atoms with E-state index in [0.29, 0.717) is 22.6 Å². The zero-order valence-electron chi connectivity index (χ0n) is 22.3. The predicted molar refractivity (Wildman–Crippen MR) is 113 cm³/mol. The van der Waals surface area contributed by atoms with Crippen LogP contribution in [0.4, 0.5) is 110 Å². The lowest BCUT2D eigenvalue weighted by Gasteiger charge is -2.45. The summed E-state index contributed by atoms with van der Waals surface area (Å²) in [5, 5.41) is 0. The number of alkyl halides is 26. The van der Waals surface area contributed by atoms with E-state index in [1.54, 1.807) is 0 Å². The molecule has 0 N–H and O–H groups in total. The number of hydrogen-bond acceptors (Lipinski definition) is 2. The Kier molecular flexibility index (Phi) is 12.8. The molecule has 2 nitrogen and oxygen atoms in total. The van der Waals surface area contributed by atoms with Crippen LogP contribution in [-0.2, 0) is 9.53 Å². The summed E-state index contributed by atoms with van der Waals surface area (Å²) in [5.41, 5.74) is 0. The highest BCUT2D eigenvalue weighted by Gasteiger charge is 2.99. The van der Waals surface area contributed by atoms with Crippen molar-refractivity contribution in [2.45, 2.75) is 108 Å². The van der Waals surface area contributed by atoms with Crippen LogP contribution in [0.25, 0.3) is 0 Å². The van der Waals surface area contributed by atoms with Crippen LogP contribution < -0.4 is 0 Å². The van der Waals surface area contributed by atoms with E-state index < -0.39 is 107 Å². The maximum absolute atomic E-state index is 14.1. The summed E-state index contributed by atoms with van der Waals surface area (Å²) in [4.78, 5) is 11.1. The molecule has 0 aliphatic rings. The van der Waals surface area contributed by atoms with Crippen molar-refractivity contribution in [2.75, 3.05) is 6.61 Å². The van der Waals surface area contributed by atoms with Crippen molar-refractivity contribution in [1.82, 2.24) is 0 Å². The van der Waals surface area contributed by atoms with Crippen molar-refractivity contribution in [3.8, 4) is 0 Å². The Bertz CT molecular complexity index is 1130. The van der Waals surface area contributed by atoms with Crippen molar-refractivity contribution < 1.29 is 119 Å². The standard InChI is InChI=1S/C20H14F25IO2/c1-2-48-8(47)5-3-4-7(46)6-9(21,22)10(23,24)11(25,26)12(27,28)13(29,30)14(31,32)15(33,34)16(35,36)17(37,38)18(39,40)19(41,42)20(43,44)45/h7H,2-6H2,1H3. The molecule has 0 fully saturated rings. The summed E-state index contributed by atoms with van der Waals surface area (Å²) in [5.74, 6) is -99.4. The first kappa shape index (κ1) is 46.4. The SMILES string of the molecule is CCOC(=O)CCCC(I)CC(F)(F)C(F)(F)C(F)(F)C(F)(F)C(F)(F)C(F)(F)C(F)(F)C(F)(F)C(F)(F)C(F)(F)C(F)(F)C(F)(F)F. The molecule has 0 saturated heterocycles. The number of ether oxygens (including phenoxy) is 1. The van der Waals surface area contributed by atoms with Crippen LogP contribution in [0.1, 0.15) is 32.6 Å². The van der Waals surface area contributed by atoms with Gasteiger partial charge in [-0.15, -0.1) is 0 Å². The van der Waals surface area contributed by atoms with Gasteiger partial charge >= 0.3 is 77.3 Å². The molecule has 0 radical (unpaired) electrons. The largest absolute Gasteiger partial charge is 0.466 e. The third-order valence-corrected chi connectivity index (χ3v) is 7.11. The van der Waals surface area contributed by atoms with E-state index in [-0.39, 0.29) is 6.61 Å². The van der Waals surface area contributed by atoms with Crippen molar-refractivity contribution in [1.29, 1.82) is 0 Å². The van der Waals surface area contributed by atoms with E-state index in [2.05, 4.69) is 4.74 Å². The van der Waals surface area contributed by atoms with Gasteiger partial charge < -0.3 is 4.74 Å². The van der Waals surface area contributed by atoms with Gasteiger partial charge in [0.1, 0.15) is 0 Å². The lowest BCUT2D eigenvalue weighted by Crippen LogP contribution is -2.78. The number of rotatable bonds is 17. The molecule has 0 saturated carbocycles. The molecule has 0 amide bonds. The molecule has 0 aromatic carbocycles. The Morgan fingerprint density at radius 2 is 0.771 bits per heavy atom. The Labute approximate surface area is 262 Å². The third kappa shape index (κ3) is 6.76. The zero-order valence-corrected chi connectivity index (χ0v) is 24.4. The molecule has 288 valence electrons. The highest BCUT2D eigenvalue weighted by atomic mass is 127. The second-order valence-electron chi connectivity index (χ2n) is 9.44. The second kappa shape index (κ2) is 13.2. The van der Waals surface area contributed by atoms with Crippen molar-refractivity contribution in [3.05, 3.63) is 0 Å². The van der Waals surface area contributed by atoms with Crippen LogP contribution in [0.15, 0.2) is 0 Å². The minimum absolute atomic E-state index is 0.254. The van der Waals surface area contributed by atoms with Gasteiger partial charge in [0.15, 0.2) is 0 Å². The molecular formula is C20H14F25IO2. The van der Waals surface area contributed by atoms with E-state index in [1.807, 2.05) is 0 Å². The van der Waals surface area contributed by atoms with E-state index in [0.717, 1.165) is 0 Å². The van der Waals surface area contributed by atoms with Gasteiger partial charge in [-0.3, -0.25) is 4.79 Å². The summed E-state index contributed by atoms with van der Waals surface area (Å²) in [6.45, 7) is 1.01. The lowest BCUT2D eigenvalue weighted by molar-refractivity contribution is -0.482. The summed E-state index contributed by atoms with van der Waals surface area (Å²) >= 11 is 0.692. The molecule has 1 atom stereocenters. The minimum atomic E-state index is -9.61. The van der Waals surface area contributed by atoms with E-state index in [9.17, 15) is 115 Å². The van der Waals surface area contributed by atoms with Gasteiger partial charge in [-0.05, 0) is 19.8 Å². The van der Waals surface area contributed by atoms with Crippen LogP contribution in [0.3, 0.4) is 0 Å². The van der Waals surface area contributed by atoms with Gasteiger partial charge in [-0.25, -0.2) is 0 Å². The number of halogens is 26. The Hall–Kier alpha value is -1.55. The van der Waals surface area contributed by atoms with Crippen LogP contribution in [0.2, 0.25) is 0 Å². The van der Waals surface area contributed by atoms with Gasteiger partial charge in [-0.2, -0.15) is 110 Å². The highest BCUT2D eigenvalue weighted by molar-refractivity contribution is 14.1. The summed E-state index contributed by atoms with van der Waals surface area (Å²) < 4.78 is 340. The average Bonchev–Trinajstić information content (AvgIpc) is 2.86. The van der Waals surface area contributed by atoms with Gasteiger partial charge in [0, 0.05) is 16.8 Å². The Balaban J connectivity index is 6.92.